The Balaban J connectivity index is 4.38. The van der Waals surface area contributed by atoms with Crippen molar-refractivity contribution in [3.05, 3.63) is 11.0 Å². The van der Waals surface area contributed by atoms with Gasteiger partial charge in [-0.05, 0) is 6.92 Å². The van der Waals surface area contributed by atoms with E-state index in [0.29, 0.717) is 0 Å². The zero-order valence-corrected chi connectivity index (χ0v) is 5.84. The predicted molar refractivity (Wildman–Crippen MR) is 36.8 cm³/mol. The molecule has 0 radical (unpaired) electrons. The normalized spacial score (nSPS) is 13.3. The van der Waals surface area contributed by atoms with Crippen molar-refractivity contribution in [2.75, 3.05) is 0 Å². The van der Waals surface area contributed by atoms with Gasteiger partial charge < -0.3 is 5.84 Å². The van der Waals surface area contributed by atoms with E-state index in [-0.39, 0.29) is 4.91 Å². The summed E-state index contributed by atoms with van der Waals surface area (Å²) in [5.41, 5.74) is 0. The van der Waals surface area contributed by atoms with Gasteiger partial charge in [0.2, 0.25) is 0 Å². The molecule has 0 aliphatic heterocycles. The Bertz CT molecular complexity index is 197. The van der Waals surface area contributed by atoms with Crippen molar-refractivity contribution in [2.45, 2.75) is 6.92 Å². The summed E-state index contributed by atoms with van der Waals surface area (Å²) in [7, 11) is -2.54. The Morgan fingerprint density at radius 1 is 1.67 bits per heavy atom. The molecule has 0 heterocycles. The fraction of sp³-hybridized carbons (Fsp3) is 0.250. The molecule has 0 amide bonds. The molecular weight excluding hydrogens is 140 g/mol. The molecule has 0 fully saturated rings. The van der Waals surface area contributed by atoms with Gasteiger partial charge in [-0.25, -0.2) is 8.42 Å². The average molecular weight is 148 g/mol. The lowest BCUT2D eigenvalue weighted by Crippen LogP contribution is -1.89. The molecule has 0 aliphatic rings. The first-order chi connectivity index (χ1) is 4.22. The van der Waals surface area contributed by atoms with Crippen LogP contribution in [0.1, 0.15) is 6.92 Å². The monoisotopic (exact) mass is 148 g/mol. The van der Waals surface area contributed by atoms with Crippen LogP contribution in [0, 0.1) is 0 Å². The average Bonchev–Trinajstić information content (AvgIpc) is 1.82. The summed E-state index contributed by atoms with van der Waals surface area (Å²) >= 11 is 0. The summed E-state index contributed by atoms with van der Waals surface area (Å²) in [6, 6.07) is 0. The predicted octanol–water partition coefficient (Wildman–Crippen LogP) is -0.554. The highest BCUT2D eigenvalue weighted by Gasteiger charge is 1.89. The molecule has 2 N–H and O–H groups in total. The molecule has 4 nitrogen and oxygen atoms in total. The molecular formula is C4H8N2O2S. The minimum Gasteiger partial charge on any atom is -0.323 e. The molecule has 0 aromatic heterocycles. The maximum Gasteiger partial charge on any atom is 0.169 e. The minimum absolute atomic E-state index is 0.132. The number of nitrogens with two attached hydrogens (primary N) is 1. The quantitative estimate of drug-likeness (QED) is 0.239. The number of hydrazone groups is 1. The third-order valence-electron chi connectivity index (χ3n) is 0.713. The summed E-state index contributed by atoms with van der Waals surface area (Å²) in [5, 5.41) is 3.05. The first-order valence-corrected chi connectivity index (χ1v) is 3.44. The second-order valence-electron chi connectivity index (χ2n) is 1.25. The Morgan fingerprint density at radius 3 is 2.33 bits per heavy atom. The molecule has 0 unspecified atom stereocenters. The lowest BCUT2D eigenvalue weighted by molar-refractivity contribution is 0.621. The topological polar surface area (TPSA) is 72.5 Å². The van der Waals surface area contributed by atoms with Gasteiger partial charge in [0.1, 0.15) is 0 Å². The van der Waals surface area contributed by atoms with Crippen LogP contribution in [0.5, 0.6) is 0 Å². The Labute approximate surface area is 55.0 Å². The summed E-state index contributed by atoms with van der Waals surface area (Å²) in [4.78, 5) is 0.132. The van der Waals surface area contributed by atoms with Crippen molar-refractivity contribution in [3.8, 4) is 0 Å². The first kappa shape index (κ1) is 8.16. The fourth-order valence-corrected chi connectivity index (χ4v) is 0.675. The number of allylic oxidation sites excluding steroid dienone is 2. The van der Waals surface area contributed by atoms with E-state index in [1.54, 1.807) is 6.92 Å². The summed E-state index contributed by atoms with van der Waals surface area (Å²) in [6.45, 7) is 1.60. The lowest BCUT2D eigenvalue weighted by atomic mass is 10.6. The van der Waals surface area contributed by atoms with Gasteiger partial charge in [0.15, 0.2) is 10.7 Å². The van der Waals surface area contributed by atoms with Crippen LogP contribution < -0.4 is 5.84 Å². The summed E-state index contributed by atoms with van der Waals surface area (Å²) in [5.74, 6) is 4.70. The third kappa shape index (κ3) is 2.86. The minimum atomic E-state index is -2.54. The lowest BCUT2D eigenvalue weighted by Gasteiger charge is -1.82. The smallest absolute Gasteiger partial charge is 0.169 e. The second-order valence-corrected chi connectivity index (χ2v) is 2.28. The van der Waals surface area contributed by atoms with E-state index < -0.39 is 10.7 Å². The van der Waals surface area contributed by atoms with E-state index in [1.165, 1.54) is 6.08 Å². The molecule has 0 bridgehead atoms. The largest absolute Gasteiger partial charge is 0.323 e. The van der Waals surface area contributed by atoms with E-state index in [0.717, 1.165) is 6.21 Å². The molecule has 52 valence electrons. The Morgan fingerprint density at radius 2 is 2.22 bits per heavy atom. The molecule has 0 spiro atoms. The van der Waals surface area contributed by atoms with Crippen LogP contribution in [0.4, 0.5) is 0 Å². The van der Waals surface area contributed by atoms with Crippen molar-refractivity contribution < 1.29 is 8.42 Å². The van der Waals surface area contributed by atoms with Crippen LogP contribution in [-0.2, 0) is 10.7 Å². The van der Waals surface area contributed by atoms with E-state index in [4.69, 9.17) is 5.84 Å². The van der Waals surface area contributed by atoms with E-state index in [2.05, 4.69) is 5.10 Å². The Hall–Kier alpha value is -0.840. The Kier molecular flexibility index (Phi) is 3.70. The molecule has 9 heavy (non-hydrogen) atoms. The summed E-state index contributed by atoms with van der Waals surface area (Å²) in [6.07, 6.45) is 2.51. The van der Waals surface area contributed by atoms with Crippen LogP contribution in [0.15, 0.2) is 16.1 Å². The van der Waals surface area contributed by atoms with Crippen LogP contribution in [0.3, 0.4) is 0 Å². The third-order valence-corrected chi connectivity index (χ3v) is 1.51. The number of rotatable bonds is 2. The van der Waals surface area contributed by atoms with Crippen molar-refractivity contribution >= 4 is 16.9 Å². The molecule has 0 saturated carbocycles. The van der Waals surface area contributed by atoms with Gasteiger partial charge in [0.25, 0.3) is 0 Å². The number of hydrogen-bond acceptors (Lipinski definition) is 4. The van der Waals surface area contributed by atoms with Crippen LogP contribution in [0.25, 0.3) is 0 Å². The van der Waals surface area contributed by atoms with Crippen LogP contribution in [-0.4, -0.2) is 14.6 Å². The molecule has 0 aliphatic carbocycles. The molecule has 0 rings (SSSR count). The zero-order chi connectivity index (χ0) is 7.28. The molecule has 5 heteroatoms. The van der Waals surface area contributed by atoms with Gasteiger partial charge in [-0.15, -0.1) is 0 Å². The molecule has 0 atom stereocenters. The van der Waals surface area contributed by atoms with Crippen LogP contribution >= 0.6 is 0 Å². The second kappa shape index (κ2) is 4.08. The maximum absolute atomic E-state index is 10.1. The number of hydrogen-bond donors (Lipinski definition) is 2. The molecule has 0 aromatic rings. The van der Waals surface area contributed by atoms with Gasteiger partial charge in [0.05, 0.1) is 11.1 Å². The van der Waals surface area contributed by atoms with Crippen molar-refractivity contribution in [3.63, 3.8) is 0 Å². The SMILES string of the molecule is C/C=C(\C=N/N)[SH](=O)=O. The standard InChI is InChI=1S/C4H8N2O2S/c1-2-4(3-6-5)9(7)8/h2-3,9H,5H2,1H3/b4-2+,6-3-. The number of nitrogens with zero attached hydrogens (tertiary/aromatic N) is 1. The van der Waals surface area contributed by atoms with Gasteiger partial charge in [-0.2, -0.15) is 5.10 Å². The van der Waals surface area contributed by atoms with Gasteiger partial charge >= 0.3 is 0 Å². The molecule has 0 saturated heterocycles. The van der Waals surface area contributed by atoms with E-state index in [9.17, 15) is 8.42 Å². The van der Waals surface area contributed by atoms with E-state index >= 15 is 0 Å². The highest BCUT2D eigenvalue weighted by atomic mass is 32.2. The maximum atomic E-state index is 10.1. The zero-order valence-electron chi connectivity index (χ0n) is 4.94. The fourth-order valence-electron chi connectivity index (χ4n) is 0.303. The van der Waals surface area contributed by atoms with Crippen molar-refractivity contribution in [2.24, 2.45) is 10.9 Å². The number of thiol groups is 1. The van der Waals surface area contributed by atoms with Crippen molar-refractivity contribution in [1.82, 2.24) is 0 Å². The van der Waals surface area contributed by atoms with Gasteiger partial charge in [-0.3, -0.25) is 0 Å². The summed E-state index contributed by atoms with van der Waals surface area (Å²) < 4.78 is 20.3. The van der Waals surface area contributed by atoms with Crippen LogP contribution in [0.2, 0.25) is 0 Å². The highest BCUT2D eigenvalue weighted by Crippen LogP contribution is 1.87. The van der Waals surface area contributed by atoms with E-state index in [1.807, 2.05) is 0 Å². The first-order valence-electron chi connectivity index (χ1n) is 2.26. The van der Waals surface area contributed by atoms with Crippen molar-refractivity contribution in [1.29, 1.82) is 0 Å². The van der Waals surface area contributed by atoms with Gasteiger partial charge in [0, 0.05) is 0 Å². The highest BCUT2D eigenvalue weighted by molar-refractivity contribution is 7.77. The molecule has 0 aromatic carbocycles. The van der Waals surface area contributed by atoms with Gasteiger partial charge in [-0.1, -0.05) is 6.08 Å².